The van der Waals surface area contributed by atoms with E-state index in [1.165, 1.54) is 23.1 Å². The quantitative estimate of drug-likeness (QED) is 0.464. The minimum Gasteiger partial charge on any atom is -0.311 e. The molecule has 6 heteroatoms. The Labute approximate surface area is 165 Å². The average molecular weight is 387 g/mol. The number of halogens is 2. The molecule has 0 bridgehead atoms. The molecule has 0 aliphatic carbocycles. The summed E-state index contributed by atoms with van der Waals surface area (Å²) in [4.78, 5) is 18.9. The van der Waals surface area contributed by atoms with Crippen molar-refractivity contribution in [2.75, 3.05) is 11.9 Å². The maximum atomic E-state index is 14.4. The maximum Gasteiger partial charge on any atom is 0.258 e. The van der Waals surface area contributed by atoms with Crippen molar-refractivity contribution in [2.45, 2.75) is 0 Å². The number of carbonyl (C=O) groups is 1. The Morgan fingerprint density at radius 1 is 0.966 bits per heavy atom. The van der Waals surface area contributed by atoms with Crippen LogP contribution < -0.4 is 4.90 Å². The third kappa shape index (κ3) is 2.64. The molecule has 0 spiro atoms. The first-order valence-electron chi connectivity index (χ1n) is 9.06. The topological polar surface area (TPSA) is 37.6 Å². The number of likely N-dealkylation sites (N-methyl/N-ethyl adjacent to an activating group) is 1. The van der Waals surface area contributed by atoms with Crippen molar-refractivity contribution in [3.8, 4) is 11.4 Å². The molecule has 0 unspecified atom stereocenters. The molecule has 2 aromatic carbocycles. The second-order valence-electron chi connectivity index (χ2n) is 6.84. The lowest BCUT2D eigenvalue weighted by molar-refractivity contribution is -0.112. The molecule has 5 rings (SSSR count). The van der Waals surface area contributed by atoms with E-state index in [0.29, 0.717) is 33.9 Å². The Morgan fingerprint density at radius 2 is 1.76 bits per heavy atom. The largest absolute Gasteiger partial charge is 0.311 e. The van der Waals surface area contributed by atoms with E-state index in [0.717, 1.165) is 5.52 Å². The van der Waals surface area contributed by atoms with E-state index in [1.54, 1.807) is 48.0 Å². The minimum atomic E-state index is -0.417. The standard InChI is InChI=1S/C23H15F2N3O/c1-27-20-10-9-14(24)12-16(20)17(23(27)29)13-19-21-8-4-5-11-28(21)22(26-19)15-6-2-3-7-18(15)25/h2-13H,1H3/b17-13+. The zero-order valence-electron chi connectivity index (χ0n) is 15.4. The molecule has 4 aromatic rings. The van der Waals surface area contributed by atoms with Crippen molar-refractivity contribution < 1.29 is 13.6 Å². The van der Waals surface area contributed by atoms with Crippen molar-refractivity contribution in [3.63, 3.8) is 0 Å². The van der Waals surface area contributed by atoms with Gasteiger partial charge >= 0.3 is 0 Å². The van der Waals surface area contributed by atoms with Crippen LogP contribution in [0.15, 0.2) is 66.9 Å². The molecule has 29 heavy (non-hydrogen) atoms. The van der Waals surface area contributed by atoms with Crippen molar-refractivity contribution in [2.24, 2.45) is 0 Å². The van der Waals surface area contributed by atoms with Crippen molar-refractivity contribution in [1.82, 2.24) is 9.38 Å². The van der Waals surface area contributed by atoms with Gasteiger partial charge in [0.1, 0.15) is 17.5 Å². The van der Waals surface area contributed by atoms with Crippen LogP contribution >= 0.6 is 0 Å². The molecule has 0 atom stereocenters. The van der Waals surface area contributed by atoms with E-state index in [9.17, 15) is 13.6 Å². The van der Waals surface area contributed by atoms with Crippen LogP contribution in [0.5, 0.6) is 0 Å². The summed E-state index contributed by atoms with van der Waals surface area (Å²) in [5.74, 6) is -0.606. The second-order valence-corrected chi connectivity index (χ2v) is 6.84. The summed E-state index contributed by atoms with van der Waals surface area (Å²) in [6.45, 7) is 0. The van der Waals surface area contributed by atoms with Crippen LogP contribution in [0.3, 0.4) is 0 Å². The third-order valence-corrected chi connectivity index (χ3v) is 5.12. The van der Waals surface area contributed by atoms with Gasteiger partial charge in [-0.15, -0.1) is 0 Å². The van der Waals surface area contributed by atoms with E-state index in [-0.39, 0.29) is 11.7 Å². The average Bonchev–Trinajstić information content (AvgIpc) is 3.20. The molecule has 0 N–H and O–H groups in total. The number of pyridine rings is 1. The highest BCUT2D eigenvalue weighted by Crippen LogP contribution is 2.38. The molecule has 2 aromatic heterocycles. The van der Waals surface area contributed by atoms with Gasteiger partial charge in [-0.05, 0) is 48.5 Å². The van der Waals surface area contributed by atoms with E-state index in [2.05, 4.69) is 4.98 Å². The van der Waals surface area contributed by atoms with Gasteiger partial charge in [-0.25, -0.2) is 13.8 Å². The Kier molecular flexibility index (Phi) is 3.81. The molecule has 0 saturated carbocycles. The predicted molar refractivity (Wildman–Crippen MR) is 108 cm³/mol. The summed E-state index contributed by atoms with van der Waals surface area (Å²) in [6.07, 6.45) is 3.44. The Morgan fingerprint density at radius 3 is 2.59 bits per heavy atom. The van der Waals surface area contributed by atoms with Gasteiger partial charge in [-0.1, -0.05) is 18.2 Å². The summed E-state index contributed by atoms with van der Waals surface area (Å²) < 4.78 is 30.0. The summed E-state index contributed by atoms with van der Waals surface area (Å²) >= 11 is 0. The summed E-state index contributed by atoms with van der Waals surface area (Å²) in [7, 11) is 1.65. The van der Waals surface area contributed by atoms with Crippen molar-refractivity contribution >= 4 is 28.8 Å². The maximum absolute atomic E-state index is 14.4. The minimum absolute atomic E-state index is 0.241. The van der Waals surface area contributed by atoms with Crippen LogP contribution in [0.4, 0.5) is 14.5 Å². The smallest absolute Gasteiger partial charge is 0.258 e. The fourth-order valence-electron chi connectivity index (χ4n) is 3.70. The highest BCUT2D eigenvalue weighted by atomic mass is 19.1. The first-order chi connectivity index (χ1) is 14.0. The highest BCUT2D eigenvalue weighted by molar-refractivity contribution is 6.35. The summed E-state index contributed by atoms with van der Waals surface area (Å²) in [5.41, 5.74) is 3.10. The van der Waals surface area contributed by atoms with E-state index < -0.39 is 5.82 Å². The molecule has 142 valence electrons. The fourth-order valence-corrected chi connectivity index (χ4v) is 3.70. The summed E-state index contributed by atoms with van der Waals surface area (Å²) in [5, 5.41) is 0. The van der Waals surface area contributed by atoms with Crippen LogP contribution in [0, 0.1) is 11.6 Å². The highest BCUT2D eigenvalue weighted by Gasteiger charge is 2.30. The van der Waals surface area contributed by atoms with Crippen LogP contribution in [0.25, 0.3) is 28.6 Å². The van der Waals surface area contributed by atoms with Gasteiger partial charge in [0.05, 0.1) is 28.0 Å². The Balaban J connectivity index is 1.75. The first kappa shape index (κ1) is 17.3. The normalized spacial score (nSPS) is 14.8. The molecule has 1 aliphatic heterocycles. The zero-order valence-corrected chi connectivity index (χ0v) is 15.4. The monoisotopic (exact) mass is 387 g/mol. The lowest BCUT2D eigenvalue weighted by Gasteiger charge is -2.08. The number of carbonyl (C=O) groups excluding carboxylic acids is 1. The van der Waals surface area contributed by atoms with Gasteiger partial charge in [0.15, 0.2) is 0 Å². The third-order valence-electron chi connectivity index (χ3n) is 5.12. The van der Waals surface area contributed by atoms with Gasteiger partial charge in [0.25, 0.3) is 5.91 Å². The number of hydrogen-bond donors (Lipinski definition) is 0. The lowest BCUT2D eigenvalue weighted by atomic mass is 10.1. The second kappa shape index (κ2) is 6.38. The number of hydrogen-bond acceptors (Lipinski definition) is 2. The molecule has 1 aliphatic rings. The van der Waals surface area contributed by atoms with Gasteiger partial charge in [0, 0.05) is 18.8 Å². The molecule has 1 amide bonds. The number of aromatic nitrogens is 2. The van der Waals surface area contributed by atoms with Crippen LogP contribution in [-0.2, 0) is 4.79 Å². The predicted octanol–water partition coefficient (Wildman–Crippen LogP) is 4.80. The van der Waals surface area contributed by atoms with Crippen LogP contribution in [0.2, 0.25) is 0 Å². The SMILES string of the molecule is CN1C(=O)/C(=C/c2nc(-c3ccccc3F)n3ccccc23)c2cc(F)ccc21. The molecule has 3 heterocycles. The van der Waals surface area contributed by atoms with Crippen molar-refractivity contribution in [3.05, 3.63) is 89.8 Å². The lowest BCUT2D eigenvalue weighted by Crippen LogP contribution is -2.20. The van der Waals surface area contributed by atoms with E-state index in [1.807, 2.05) is 18.2 Å². The molecule has 0 radical (unpaired) electrons. The first-order valence-corrected chi connectivity index (χ1v) is 9.06. The number of benzene rings is 2. The number of amides is 1. The molecular formula is C23H15F2N3O. The summed E-state index contributed by atoms with van der Waals surface area (Å²) in [6, 6.07) is 16.2. The molecule has 0 saturated heterocycles. The van der Waals surface area contributed by atoms with E-state index in [4.69, 9.17) is 0 Å². The zero-order chi connectivity index (χ0) is 20.1. The molecular weight excluding hydrogens is 372 g/mol. The van der Waals surface area contributed by atoms with Crippen LogP contribution in [0.1, 0.15) is 11.3 Å². The molecule has 0 fully saturated rings. The van der Waals surface area contributed by atoms with Crippen molar-refractivity contribution in [1.29, 1.82) is 0 Å². The number of anilines is 1. The number of fused-ring (bicyclic) bond motifs is 2. The Bertz CT molecular complexity index is 1320. The van der Waals surface area contributed by atoms with Gasteiger partial charge in [0.2, 0.25) is 0 Å². The van der Waals surface area contributed by atoms with Crippen LogP contribution in [-0.4, -0.2) is 22.3 Å². The van der Waals surface area contributed by atoms with Gasteiger partial charge in [-0.3, -0.25) is 9.20 Å². The van der Waals surface area contributed by atoms with Gasteiger partial charge in [-0.2, -0.15) is 0 Å². The number of rotatable bonds is 2. The Hall–Kier alpha value is -3.80. The van der Waals surface area contributed by atoms with Gasteiger partial charge < -0.3 is 4.90 Å². The molecule has 4 nitrogen and oxygen atoms in total. The van der Waals surface area contributed by atoms with E-state index >= 15 is 0 Å². The fraction of sp³-hybridized carbons (Fsp3) is 0.0435. The number of nitrogens with zero attached hydrogens (tertiary/aromatic N) is 3. The number of imidazole rings is 1.